The van der Waals surface area contributed by atoms with Gasteiger partial charge in [-0.2, -0.15) is 0 Å². The molecule has 0 aromatic heterocycles. The fourth-order valence-corrected chi connectivity index (χ4v) is 2.82. The summed E-state index contributed by atoms with van der Waals surface area (Å²) < 4.78 is 0. The molecular formula is C13H24N2O. The van der Waals surface area contributed by atoms with Gasteiger partial charge in [0, 0.05) is 26.2 Å². The number of hydrogen-bond acceptors (Lipinski definition) is 1. The van der Waals surface area contributed by atoms with Gasteiger partial charge in [-0.25, -0.2) is 4.79 Å². The summed E-state index contributed by atoms with van der Waals surface area (Å²) in [5.41, 5.74) is 0. The number of amides is 2. The number of nitrogens with zero attached hydrogens (tertiary/aromatic N) is 2. The van der Waals surface area contributed by atoms with E-state index < -0.39 is 0 Å². The molecule has 0 atom stereocenters. The minimum atomic E-state index is 0.300. The van der Waals surface area contributed by atoms with E-state index in [9.17, 15) is 4.79 Å². The van der Waals surface area contributed by atoms with Crippen molar-refractivity contribution in [3.8, 4) is 0 Å². The molecule has 2 rings (SSSR count). The SMILES string of the molecule is CCC1CCN(C(=O)N2CCCCC2)CC1. The molecule has 92 valence electrons. The molecule has 0 aromatic carbocycles. The summed E-state index contributed by atoms with van der Waals surface area (Å²) in [6, 6.07) is 0.300. The van der Waals surface area contributed by atoms with Crippen molar-refractivity contribution in [3.05, 3.63) is 0 Å². The third-order valence-corrected chi connectivity index (χ3v) is 4.09. The van der Waals surface area contributed by atoms with Crippen LogP contribution in [-0.2, 0) is 0 Å². The maximum atomic E-state index is 12.2. The summed E-state index contributed by atoms with van der Waals surface area (Å²) >= 11 is 0. The first kappa shape index (κ1) is 11.7. The van der Waals surface area contributed by atoms with Crippen molar-refractivity contribution >= 4 is 6.03 Å². The predicted octanol–water partition coefficient (Wildman–Crippen LogP) is 2.71. The van der Waals surface area contributed by atoms with Gasteiger partial charge in [-0.3, -0.25) is 0 Å². The maximum absolute atomic E-state index is 12.2. The average Bonchev–Trinajstić information content (AvgIpc) is 2.39. The molecule has 16 heavy (non-hydrogen) atoms. The molecule has 2 saturated heterocycles. The van der Waals surface area contributed by atoms with E-state index >= 15 is 0 Å². The molecule has 0 bridgehead atoms. The molecule has 0 unspecified atom stereocenters. The molecule has 3 heteroatoms. The van der Waals surface area contributed by atoms with Gasteiger partial charge in [0.2, 0.25) is 0 Å². The van der Waals surface area contributed by atoms with E-state index in [2.05, 4.69) is 16.7 Å². The lowest BCUT2D eigenvalue weighted by Gasteiger charge is -2.37. The van der Waals surface area contributed by atoms with Gasteiger partial charge in [-0.1, -0.05) is 13.3 Å². The number of carbonyl (C=O) groups excluding carboxylic acids is 1. The van der Waals surface area contributed by atoms with Gasteiger partial charge in [-0.15, -0.1) is 0 Å². The first-order valence-electron chi connectivity index (χ1n) is 6.85. The fourth-order valence-electron chi connectivity index (χ4n) is 2.82. The summed E-state index contributed by atoms with van der Waals surface area (Å²) in [4.78, 5) is 16.3. The zero-order valence-corrected chi connectivity index (χ0v) is 10.5. The highest BCUT2D eigenvalue weighted by Crippen LogP contribution is 2.21. The van der Waals surface area contributed by atoms with Crippen molar-refractivity contribution in [2.75, 3.05) is 26.2 Å². The molecule has 0 N–H and O–H groups in total. The second kappa shape index (κ2) is 5.55. The third kappa shape index (κ3) is 2.69. The largest absolute Gasteiger partial charge is 0.325 e. The van der Waals surface area contributed by atoms with Gasteiger partial charge in [0.15, 0.2) is 0 Å². The lowest BCUT2D eigenvalue weighted by atomic mass is 9.94. The zero-order valence-electron chi connectivity index (χ0n) is 10.5. The first-order chi connectivity index (χ1) is 7.81. The highest BCUT2D eigenvalue weighted by Gasteiger charge is 2.26. The Kier molecular flexibility index (Phi) is 4.08. The Hall–Kier alpha value is -0.730. The quantitative estimate of drug-likeness (QED) is 0.672. The van der Waals surface area contributed by atoms with Crippen LogP contribution in [0.2, 0.25) is 0 Å². The Morgan fingerprint density at radius 3 is 2.12 bits per heavy atom. The number of carbonyl (C=O) groups is 1. The Morgan fingerprint density at radius 1 is 1.00 bits per heavy atom. The van der Waals surface area contributed by atoms with E-state index in [4.69, 9.17) is 0 Å². The van der Waals surface area contributed by atoms with Crippen LogP contribution in [0.1, 0.15) is 45.4 Å². The standard InChI is InChI=1S/C13H24N2O/c1-2-12-6-10-15(11-7-12)13(16)14-8-4-3-5-9-14/h12H,2-11H2,1H3. The van der Waals surface area contributed by atoms with Crippen LogP contribution in [0, 0.1) is 5.92 Å². The Morgan fingerprint density at radius 2 is 1.56 bits per heavy atom. The van der Waals surface area contributed by atoms with Crippen molar-refractivity contribution in [2.24, 2.45) is 5.92 Å². The van der Waals surface area contributed by atoms with Crippen molar-refractivity contribution < 1.29 is 4.79 Å². The van der Waals surface area contributed by atoms with Crippen molar-refractivity contribution in [1.82, 2.24) is 9.80 Å². The van der Waals surface area contributed by atoms with Gasteiger partial charge in [0.25, 0.3) is 0 Å². The lowest BCUT2D eigenvalue weighted by molar-refractivity contribution is 0.124. The highest BCUT2D eigenvalue weighted by molar-refractivity contribution is 5.74. The van der Waals surface area contributed by atoms with Crippen LogP contribution in [-0.4, -0.2) is 42.0 Å². The predicted molar refractivity (Wildman–Crippen MR) is 65.4 cm³/mol. The van der Waals surface area contributed by atoms with Gasteiger partial charge in [0.05, 0.1) is 0 Å². The maximum Gasteiger partial charge on any atom is 0.319 e. The van der Waals surface area contributed by atoms with Crippen LogP contribution in [0.4, 0.5) is 4.79 Å². The van der Waals surface area contributed by atoms with Crippen LogP contribution in [0.5, 0.6) is 0 Å². The number of urea groups is 1. The molecule has 0 aliphatic carbocycles. The lowest BCUT2D eigenvalue weighted by Crippen LogP contribution is -2.48. The first-order valence-corrected chi connectivity index (χ1v) is 6.85. The van der Waals surface area contributed by atoms with Crippen LogP contribution < -0.4 is 0 Å². The minimum absolute atomic E-state index is 0.300. The van der Waals surface area contributed by atoms with E-state index in [1.165, 1.54) is 38.5 Å². The number of piperidine rings is 2. The summed E-state index contributed by atoms with van der Waals surface area (Å²) in [6.07, 6.45) is 7.36. The summed E-state index contributed by atoms with van der Waals surface area (Å²) in [7, 11) is 0. The van der Waals surface area contributed by atoms with E-state index in [0.29, 0.717) is 6.03 Å². The number of hydrogen-bond donors (Lipinski definition) is 0. The van der Waals surface area contributed by atoms with Gasteiger partial charge in [0.1, 0.15) is 0 Å². The van der Waals surface area contributed by atoms with E-state index in [1.807, 2.05) is 0 Å². The average molecular weight is 224 g/mol. The Labute approximate surface area is 98.8 Å². The Balaban J connectivity index is 1.81. The molecule has 0 saturated carbocycles. The molecule has 2 amide bonds. The molecule has 2 aliphatic rings. The molecule has 0 radical (unpaired) electrons. The molecule has 3 nitrogen and oxygen atoms in total. The number of likely N-dealkylation sites (tertiary alicyclic amines) is 2. The van der Waals surface area contributed by atoms with Gasteiger partial charge < -0.3 is 9.80 Å². The van der Waals surface area contributed by atoms with Crippen LogP contribution in [0.25, 0.3) is 0 Å². The van der Waals surface area contributed by atoms with E-state index in [-0.39, 0.29) is 0 Å². The molecule has 2 aliphatic heterocycles. The van der Waals surface area contributed by atoms with Gasteiger partial charge >= 0.3 is 6.03 Å². The molecule has 0 spiro atoms. The zero-order chi connectivity index (χ0) is 11.4. The number of rotatable bonds is 1. The van der Waals surface area contributed by atoms with Crippen molar-refractivity contribution in [2.45, 2.75) is 45.4 Å². The van der Waals surface area contributed by atoms with Crippen molar-refractivity contribution in [1.29, 1.82) is 0 Å². The fraction of sp³-hybridized carbons (Fsp3) is 0.923. The summed E-state index contributed by atoms with van der Waals surface area (Å²) in [6.45, 7) is 6.17. The molecule has 2 heterocycles. The normalized spacial score (nSPS) is 23.6. The summed E-state index contributed by atoms with van der Waals surface area (Å²) in [5.74, 6) is 0.852. The second-order valence-corrected chi connectivity index (χ2v) is 5.17. The monoisotopic (exact) mass is 224 g/mol. The van der Waals surface area contributed by atoms with Crippen LogP contribution >= 0.6 is 0 Å². The molecule has 0 aromatic rings. The Bertz CT molecular complexity index is 228. The van der Waals surface area contributed by atoms with E-state index in [1.54, 1.807) is 0 Å². The second-order valence-electron chi connectivity index (χ2n) is 5.17. The van der Waals surface area contributed by atoms with Gasteiger partial charge in [-0.05, 0) is 38.0 Å². The third-order valence-electron chi connectivity index (χ3n) is 4.09. The van der Waals surface area contributed by atoms with Crippen LogP contribution in [0.15, 0.2) is 0 Å². The van der Waals surface area contributed by atoms with Crippen LogP contribution in [0.3, 0.4) is 0 Å². The topological polar surface area (TPSA) is 23.6 Å². The molecular weight excluding hydrogens is 200 g/mol. The minimum Gasteiger partial charge on any atom is -0.325 e. The summed E-state index contributed by atoms with van der Waals surface area (Å²) in [5, 5.41) is 0. The smallest absolute Gasteiger partial charge is 0.319 e. The van der Waals surface area contributed by atoms with Crippen molar-refractivity contribution in [3.63, 3.8) is 0 Å². The molecule has 2 fully saturated rings. The highest BCUT2D eigenvalue weighted by atomic mass is 16.2. The van der Waals surface area contributed by atoms with E-state index in [0.717, 1.165) is 32.1 Å².